The predicted molar refractivity (Wildman–Crippen MR) is 90.7 cm³/mol. The van der Waals surface area contributed by atoms with Crippen LogP contribution in [0.5, 0.6) is 5.75 Å². The predicted octanol–water partition coefficient (Wildman–Crippen LogP) is 3.42. The second kappa shape index (κ2) is 7.34. The molecule has 1 aliphatic heterocycles. The first-order valence-electron chi connectivity index (χ1n) is 7.76. The second-order valence-corrected chi connectivity index (χ2v) is 7.31. The number of halogens is 1. The molecule has 2 rings (SSSR count). The summed E-state index contributed by atoms with van der Waals surface area (Å²) < 4.78 is 6.58. The quantitative estimate of drug-likeness (QED) is 0.864. The molecule has 2 atom stereocenters. The van der Waals surface area contributed by atoms with Gasteiger partial charge in [0.15, 0.2) is 0 Å². The molecule has 1 saturated heterocycles. The van der Waals surface area contributed by atoms with E-state index in [1.807, 2.05) is 20.8 Å². The van der Waals surface area contributed by atoms with Gasteiger partial charge < -0.3 is 14.7 Å². The van der Waals surface area contributed by atoms with E-state index in [-0.39, 0.29) is 24.5 Å². The first-order chi connectivity index (χ1) is 10.8. The molecule has 0 spiro atoms. The first-order valence-corrected chi connectivity index (χ1v) is 8.55. The van der Waals surface area contributed by atoms with Crippen molar-refractivity contribution in [2.24, 2.45) is 11.8 Å². The Kier molecular flexibility index (Phi) is 5.68. The van der Waals surface area contributed by atoms with E-state index < -0.39 is 11.9 Å². The number of piperidine rings is 1. The molecular weight excluding hydrogens is 362 g/mol. The minimum absolute atomic E-state index is 0.0529. The summed E-state index contributed by atoms with van der Waals surface area (Å²) in [5.74, 6) is -0.842. The Bertz CT molecular complexity index is 602. The summed E-state index contributed by atoms with van der Waals surface area (Å²) in [6.07, 6.45) is 0.553. The van der Waals surface area contributed by atoms with Crippen molar-refractivity contribution in [1.29, 1.82) is 0 Å². The van der Waals surface area contributed by atoms with Crippen molar-refractivity contribution in [1.82, 2.24) is 4.90 Å². The van der Waals surface area contributed by atoms with Crippen LogP contribution >= 0.6 is 15.9 Å². The monoisotopic (exact) mass is 383 g/mol. The number of benzene rings is 1. The van der Waals surface area contributed by atoms with E-state index >= 15 is 0 Å². The van der Waals surface area contributed by atoms with Gasteiger partial charge in [-0.15, -0.1) is 0 Å². The van der Waals surface area contributed by atoms with Crippen molar-refractivity contribution < 1.29 is 19.4 Å². The topological polar surface area (TPSA) is 66.8 Å². The molecule has 0 bridgehead atoms. The Morgan fingerprint density at radius 1 is 1.35 bits per heavy atom. The normalized spacial score (nSPS) is 21.3. The highest BCUT2D eigenvalue weighted by Gasteiger charge is 2.33. The molecule has 1 fully saturated rings. The van der Waals surface area contributed by atoms with Crippen LogP contribution in [0.25, 0.3) is 0 Å². The van der Waals surface area contributed by atoms with E-state index in [0.717, 1.165) is 4.47 Å². The van der Waals surface area contributed by atoms with Crippen molar-refractivity contribution in [2.75, 3.05) is 13.1 Å². The zero-order chi connectivity index (χ0) is 17.1. The number of nitrogens with zero attached hydrogens (tertiary/aromatic N) is 1. The number of ether oxygens (including phenoxy) is 1. The third-order valence-electron chi connectivity index (χ3n) is 3.83. The van der Waals surface area contributed by atoms with Crippen molar-refractivity contribution in [3.63, 3.8) is 0 Å². The summed E-state index contributed by atoms with van der Waals surface area (Å²) in [7, 11) is 0. The molecule has 1 aromatic rings. The summed E-state index contributed by atoms with van der Waals surface area (Å²) in [6, 6.07) is 5.29. The van der Waals surface area contributed by atoms with Crippen LogP contribution in [0.3, 0.4) is 0 Å². The summed E-state index contributed by atoms with van der Waals surface area (Å²) >= 11 is 3.39. The number of carbonyl (C=O) groups excluding carboxylic acids is 1. The van der Waals surface area contributed by atoms with Gasteiger partial charge in [-0.05, 0) is 44.4 Å². The number of likely N-dealkylation sites (tertiary alicyclic amines) is 1. The lowest BCUT2D eigenvalue weighted by Crippen LogP contribution is -2.45. The zero-order valence-electron chi connectivity index (χ0n) is 13.6. The van der Waals surface area contributed by atoms with Gasteiger partial charge >= 0.3 is 5.97 Å². The van der Waals surface area contributed by atoms with E-state index in [2.05, 4.69) is 15.9 Å². The minimum atomic E-state index is -0.844. The van der Waals surface area contributed by atoms with Gasteiger partial charge in [0.1, 0.15) is 5.75 Å². The fraction of sp³-hybridized carbons (Fsp3) is 0.529. The number of aliphatic carboxylic acids is 1. The van der Waals surface area contributed by atoms with Gasteiger partial charge in [-0.1, -0.05) is 22.9 Å². The van der Waals surface area contributed by atoms with Crippen LogP contribution in [-0.4, -0.2) is 41.1 Å². The molecule has 2 unspecified atom stereocenters. The van der Waals surface area contributed by atoms with E-state index in [0.29, 0.717) is 24.3 Å². The van der Waals surface area contributed by atoms with Gasteiger partial charge in [-0.2, -0.15) is 0 Å². The van der Waals surface area contributed by atoms with Crippen molar-refractivity contribution in [3.05, 3.63) is 28.2 Å². The van der Waals surface area contributed by atoms with Crippen LogP contribution in [0.1, 0.15) is 37.6 Å². The zero-order valence-corrected chi connectivity index (χ0v) is 15.2. The highest BCUT2D eigenvalue weighted by Crippen LogP contribution is 2.29. The molecule has 5 nitrogen and oxygen atoms in total. The third-order valence-corrected chi connectivity index (χ3v) is 4.33. The van der Waals surface area contributed by atoms with Crippen molar-refractivity contribution in [2.45, 2.75) is 33.3 Å². The Morgan fingerprint density at radius 2 is 2.04 bits per heavy atom. The van der Waals surface area contributed by atoms with E-state index in [9.17, 15) is 14.7 Å². The molecule has 126 valence electrons. The highest BCUT2D eigenvalue weighted by molar-refractivity contribution is 9.10. The summed E-state index contributed by atoms with van der Waals surface area (Å²) in [4.78, 5) is 25.8. The second-order valence-electron chi connectivity index (χ2n) is 6.39. The molecule has 0 radical (unpaired) electrons. The van der Waals surface area contributed by atoms with E-state index in [1.165, 1.54) is 0 Å². The van der Waals surface area contributed by atoms with Crippen LogP contribution in [-0.2, 0) is 4.79 Å². The fourth-order valence-electron chi connectivity index (χ4n) is 2.89. The Hall–Kier alpha value is -1.56. The van der Waals surface area contributed by atoms with Crippen LogP contribution in [0.4, 0.5) is 0 Å². The molecule has 0 aromatic heterocycles. The molecule has 1 heterocycles. The Morgan fingerprint density at radius 3 is 2.65 bits per heavy atom. The molecule has 0 saturated carbocycles. The molecule has 1 aromatic carbocycles. The SMILES string of the molecule is CC1CC(C(=O)O)CN(C(=O)c2ccc(Br)cc2OC(C)C)C1. The average molecular weight is 384 g/mol. The molecule has 23 heavy (non-hydrogen) atoms. The van der Waals surface area contributed by atoms with Crippen LogP contribution < -0.4 is 4.74 Å². The van der Waals surface area contributed by atoms with Gasteiger partial charge in [-0.25, -0.2) is 0 Å². The number of rotatable bonds is 4. The third kappa shape index (κ3) is 4.47. The summed E-state index contributed by atoms with van der Waals surface area (Å²) in [6.45, 7) is 6.59. The molecule has 1 N–H and O–H groups in total. The maximum Gasteiger partial charge on any atom is 0.308 e. The maximum atomic E-state index is 12.9. The molecule has 6 heteroatoms. The number of carboxylic acid groups (broad SMARTS) is 1. The molecule has 1 amide bonds. The van der Waals surface area contributed by atoms with Gasteiger partial charge in [-0.3, -0.25) is 9.59 Å². The highest BCUT2D eigenvalue weighted by atomic mass is 79.9. The smallest absolute Gasteiger partial charge is 0.308 e. The number of carboxylic acids is 1. The van der Waals surface area contributed by atoms with Gasteiger partial charge in [0, 0.05) is 17.6 Å². The fourth-order valence-corrected chi connectivity index (χ4v) is 3.23. The summed E-state index contributed by atoms with van der Waals surface area (Å²) in [5, 5.41) is 9.27. The molecular formula is C17H22BrNO4. The van der Waals surface area contributed by atoms with E-state index in [1.54, 1.807) is 23.1 Å². The number of carbonyl (C=O) groups is 2. The van der Waals surface area contributed by atoms with Gasteiger partial charge in [0.2, 0.25) is 0 Å². The Labute approximate surface area is 144 Å². The van der Waals surface area contributed by atoms with E-state index in [4.69, 9.17) is 4.74 Å². The largest absolute Gasteiger partial charge is 0.490 e. The van der Waals surface area contributed by atoms with Crippen LogP contribution in [0.15, 0.2) is 22.7 Å². The maximum absolute atomic E-state index is 12.9. The molecule has 0 aliphatic carbocycles. The lowest BCUT2D eigenvalue weighted by Gasteiger charge is -2.35. The van der Waals surface area contributed by atoms with Crippen molar-refractivity contribution >= 4 is 27.8 Å². The standard InChI is InChI=1S/C17H22BrNO4/c1-10(2)23-15-7-13(18)4-5-14(15)16(20)19-8-11(3)6-12(9-19)17(21)22/h4-5,7,10-12H,6,8-9H2,1-3H3,(H,21,22). The number of hydrogen-bond acceptors (Lipinski definition) is 3. The minimum Gasteiger partial charge on any atom is -0.490 e. The lowest BCUT2D eigenvalue weighted by atomic mass is 9.90. The van der Waals surface area contributed by atoms with Crippen molar-refractivity contribution in [3.8, 4) is 5.75 Å². The van der Waals surface area contributed by atoms with Gasteiger partial charge in [0.25, 0.3) is 5.91 Å². The Balaban J connectivity index is 2.27. The number of amides is 1. The first kappa shape index (κ1) is 17.8. The summed E-state index contributed by atoms with van der Waals surface area (Å²) in [5.41, 5.74) is 0.472. The van der Waals surface area contributed by atoms with Crippen LogP contribution in [0, 0.1) is 11.8 Å². The lowest BCUT2D eigenvalue weighted by molar-refractivity contribution is -0.143. The number of hydrogen-bond donors (Lipinski definition) is 1. The van der Waals surface area contributed by atoms with Gasteiger partial charge in [0.05, 0.1) is 17.6 Å². The average Bonchev–Trinajstić information content (AvgIpc) is 2.45. The van der Waals surface area contributed by atoms with Crippen LogP contribution in [0.2, 0.25) is 0 Å². The molecule has 1 aliphatic rings.